The Morgan fingerprint density at radius 2 is 1.96 bits per heavy atom. The third-order valence-corrected chi connectivity index (χ3v) is 3.81. The number of nitrogens with zero attached hydrogens (tertiary/aromatic N) is 4. The molecular formula is C18H21N5O2. The van der Waals surface area contributed by atoms with Gasteiger partial charge in [-0.1, -0.05) is 19.0 Å². The van der Waals surface area contributed by atoms with Crippen molar-refractivity contribution < 1.29 is 9.32 Å². The topological polar surface area (TPSA) is 85.8 Å². The normalized spacial score (nSPS) is 12.3. The lowest BCUT2D eigenvalue weighted by molar-refractivity contribution is -0.125. The summed E-state index contributed by atoms with van der Waals surface area (Å²) in [6.07, 6.45) is 7.90. The monoisotopic (exact) mass is 339 g/mol. The first kappa shape index (κ1) is 16.9. The zero-order valence-corrected chi connectivity index (χ0v) is 14.3. The van der Waals surface area contributed by atoms with Gasteiger partial charge >= 0.3 is 0 Å². The molecule has 0 saturated heterocycles. The summed E-state index contributed by atoms with van der Waals surface area (Å²) in [5.41, 5.74) is 0.821. The summed E-state index contributed by atoms with van der Waals surface area (Å²) < 4.78 is 7.14. The molecule has 1 amide bonds. The Labute approximate surface area is 146 Å². The van der Waals surface area contributed by atoms with Crippen molar-refractivity contribution >= 4 is 5.91 Å². The lowest BCUT2D eigenvalue weighted by atomic mass is 10.0. The van der Waals surface area contributed by atoms with Crippen LogP contribution in [0.1, 0.15) is 32.2 Å². The number of rotatable bonds is 7. The van der Waals surface area contributed by atoms with Crippen molar-refractivity contribution in [2.75, 3.05) is 0 Å². The van der Waals surface area contributed by atoms with Crippen molar-refractivity contribution in [1.82, 2.24) is 25.0 Å². The zero-order chi connectivity index (χ0) is 17.6. The van der Waals surface area contributed by atoms with Crippen LogP contribution in [-0.2, 0) is 11.3 Å². The molecule has 25 heavy (non-hydrogen) atoms. The molecule has 0 fully saturated rings. The molecule has 0 aliphatic heterocycles. The summed E-state index contributed by atoms with van der Waals surface area (Å²) in [7, 11) is 0. The van der Waals surface area contributed by atoms with E-state index in [-0.39, 0.29) is 18.5 Å². The first-order valence-corrected chi connectivity index (χ1v) is 8.26. The van der Waals surface area contributed by atoms with Gasteiger partial charge in [-0.05, 0) is 36.6 Å². The molecule has 0 aliphatic carbocycles. The first-order chi connectivity index (χ1) is 12.1. The number of hydrogen-bond donors (Lipinski definition) is 1. The molecule has 0 aromatic carbocycles. The second-order valence-electron chi connectivity index (χ2n) is 6.24. The number of aromatic nitrogens is 4. The minimum Gasteiger partial charge on any atom is -0.345 e. The van der Waals surface area contributed by atoms with Gasteiger partial charge in [-0.2, -0.15) is 4.98 Å². The van der Waals surface area contributed by atoms with E-state index >= 15 is 0 Å². The molecule has 1 N–H and O–H groups in total. The van der Waals surface area contributed by atoms with Gasteiger partial charge in [-0.15, -0.1) is 0 Å². The van der Waals surface area contributed by atoms with E-state index in [2.05, 4.69) is 34.3 Å². The van der Waals surface area contributed by atoms with Crippen LogP contribution in [0.4, 0.5) is 0 Å². The predicted octanol–water partition coefficient (Wildman–Crippen LogP) is 2.84. The maximum atomic E-state index is 12.6. The van der Waals surface area contributed by atoms with E-state index < -0.39 is 0 Å². The molecule has 7 heteroatoms. The number of nitrogens with one attached hydrogen (secondary N) is 1. The van der Waals surface area contributed by atoms with E-state index in [1.54, 1.807) is 24.5 Å². The van der Waals surface area contributed by atoms with Gasteiger partial charge in [0, 0.05) is 30.4 Å². The van der Waals surface area contributed by atoms with Crippen LogP contribution >= 0.6 is 0 Å². The lowest BCUT2D eigenvalue weighted by Crippen LogP contribution is -2.32. The largest absolute Gasteiger partial charge is 0.345 e. The van der Waals surface area contributed by atoms with Gasteiger partial charge < -0.3 is 14.4 Å². The molecule has 0 bridgehead atoms. The molecule has 0 unspecified atom stereocenters. The highest BCUT2D eigenvalue weighted by Crippen LogP contribution is 2.18. The van der Waals surface area contributed by atoms with Gasteiger partial charge in [0.05, 0.1) is 6.54 Å². The Balaban J connectivity index is 1.64. The molecule has 3 aromatic heterocycles. The van der Waals surface area contributed by atoms with E-state index in [4.69, 9.17) is 4.52 Å². The first-order valence-electron chi connectivity index (χ1n) is 8.26. The fourth-order valence-corrected chi connectivity index (χ4v) is 2.59. The quantitative estimate of drug-likeness (QED) is 0.715. The predicted molar refractivity (Wildman–Crippen MR) is 92.3 cm³/mol. The number of pyridine rings is 1. The van der Waals surface area contributed by atoms with Gasteiger partial charge in [0.2, 0.25) is 17.6 Å². The Hall–Kier alpha value is -2.96. The SMILES string of the molecule is CC(C)C[C@H](C(=O)NCc1nc(-c2ccncc2)no1)n1cccc1. The molecule has 3 rings (SSSR count). The van der Waals surface area contributed by atoms with Crippen molar-refractivity contribution in [3.05, 3.63) is 54.9 Å². The van der Waals surface area contributed by atoms with Gasteiger partial charge in [0.25, 0.3) is 0 Å². The second kappa shape index (κ2) is 7.74. The van der Waals surface area contributed by atoms with E-state index in [0.29, 0.717) is 17.6 Å². The summed E-state index contributed by atoms with van der Waals surface area (Å²) >= 11 is 0. The number of hydrogen-bond acceptors (Lipinski definition) is 5. The molecule has 7 nitrogen and oxygen atoms in total. The standard InChI is InChI=1S/C18H21N5O2/c1-13(2)11-15(23-9-3-4-10-23)18(24)20-12-16-21-17(22-25-16)14-5-7-19-8-6-14/h3-10,13,15H,11-12H2,1-2H3,(H,20,24)/t15-/m1/s1. The molecular weight excluding hydrogens is 318 g/mol. The fourth-order valence-electron chi connectivity index (χ4n) is 2.59. The zero-order valence-electron chi connectivity index (χ0n) is 14.3. The molecule has 130 valence electrons. The van der Waals surface area contributed by atoms with Crippen LogP contribution in [0.3, 0.4) is 0 Å². The molecule has 0 radical (unpaired) electrons. The smallest absolute Gasteiger partial charge is 0.246 e. The fraction of sp³-hybridized carbons (Fsp3) is 0.333. The highest BCUT2D eigenvalue weighted by atomic mass is 16.5. The molecule has 3 aromatic rings. The average molecular weight is 339 g/mol. The van der Waals surface area contributed by atoms with Gasteiger partial charge in [-0.3, -0.25) is 9.78 Å². The average Bonchev–Trinajstić information content (AvgIpc) is 3.30. The van der Waals surface area contributed by atoms with Crippen molar-refractivity contribution in [2.45, 2.75) is 32.9 Å². The maximum Gasteiger partial charge on any atom is 0.246 e. The Morgan fingerprint density at radius 1 is 1.24 bits per heavy atom. The highest BCUT2D eigenvalue weighted by molar-refractivity contribution is 5.80. The molecule has 0 saturated carbocycles. The van der Waals surface area contributed by atoms with Crippen LogP contribution < -0.4 is 5.32 Å². The van der Waals surface area contributed by atoms with E-state index in [9.17, 15) is 4.79 Å². The lowest BCUT2D eigenvalue weighted by Gasteiger charge is -2.20. The summed E-state index contributed by atoms with van der Waals surface area (Å²) in [6.45, 7) is 4.40. The molecule has 3 heterocycles. The van der Waals surface area contributed by atoms with Crippen molar-refractivity contribution in [2.24, 2.45) is 5.92 Å². The van der Waals surface area contributed by atoms with Crippen LogP contribution in [0.2, 0.25) is 0 Å². The summed E-state index contributed by atoms with van der Waals surface area (Å²) in [4.78, 5) is 20.9. The van der Waals surface area contributed by atoms with Gasteiger partial charge in [0.15, 0.2) is 0 Å². The van der Waals surface area contributed by atoms with E-state index in [1.807, 2.05) is 29.1 Å². The third kappa shape index (κ3) is 4.32. The summed E-state index contributed by atoms with van der Waals surface area (Å²) in [5.74, 6) is 1.19. The maximum absolute atomic E-state index is 12.6. The third-order valence-electron chi connectivity index (χ3n) is 3.81. The molecule has 0 aliphatic rings. The molecule has 0 spiro atoms. The van der Waals surface area contributed by atoms with Crippen LogP contribution in [0.5, 0.6) is 0 Å². The minimum absolute atomic E-state index is 0.0615. The Bertz CT molecular complexity index is 796. The number of carbonyl (C=O) groups is 1. The Kier molecular flexibility index (Phi) is 5.23. The summed E-state index contributed by atoms with van der Waals surface area (Å²) in [5, 5.41) is 6.83. The second-order valence-corrected chi connectivity index (χ2v) is 6.24. The van der Waals surface area contributed by atoms with Crippen molar-refractivity contribution in [3.63, 3.8) is 0 Å². The van der Waals surface area contributed by atoms with E-state index in [0.717, 1.165) is 12.0 Å². The van der Waals surface area contributed by atoms with Crippen molar-refractivity contribution in [3.8, 4) is 11.4 Å². The number of carbonyl (C=O) groups excluding carboxylic acids is 1. The van der Waals surface area contributed by atoms with Crippen molar-refractivity contribution in [1.29, 1.82) is 0 Å². The minimum atomic E-state index is -0.252. The molecule has 1 atom stereocenters. The van der Waals surface area contributed by atoms with Crippen LogP contribution in [0, 0.1) is 5.92 Å². The van der Waals surface area contributed by atoms with Crippen LogP contribution in [0.25, 0.3) is 11.4 Å². The number of amides is 1. The van der Waals surface area contributed by atoms with Gasteiger partial charge in [-0.25, -0.2) is 0 Å². The summed E-state index contributed by atoms with van der Waals surface area (Å²) in [6, 6.07) is 7.19. The van der Waals surface area contributed by atoms with Gasteiger partial charge in [0.1, 0.15) is 6.04 Å². The van der Waals surface area contributed by atoms with Crippen LogP contribution in [0.15, 0.2) is 53.6 Å². The Morgan fingerprint density at radius 3 is 2.64 bits per heavy atom. The highest BCUT2D eigenvalue weighted by Gasteiger charge is 2.21. The van der Waals surface area contributed by atoms with E-state index in [1.165, 1.54) is 0 Å². The van der Waals surface area contributed by atoms with Crippen LogP contribution in [-0.4, -0.2) is 25.6 Å².